The molecule has 0 atom stereocenters. The summed E-state index contributed by atoms with van der Waals surface area (Å²) in [6, 6.07) is 6.36. The molecule has 2 aromatic rings. The van der Waals surface area contributed by atoms with E-state index in [2.05, 4.69) is 4.98 Å². The number of rotatable bonds is 4. The number of nitrogens with zero attached hydrogens (tertiary/aromatic N) is 2. The number of nitrogens with two attached hydrogens (primary N) is 1. The lowest BCUT2D eigenvalue weighted by molar-refractivity contribution is -0.131. The number of amides is 1. The predicted octanol–water partition coefficient (Wildman–Crippen LogP) is 2.69. The van der Waals surface area contributed by atoms with Gasteiger partial charge in [0.1, 0.15) is 10.8 Å². The van der Waals surface area contributed by atoms with Gasteiger partial charge < -0.3 is 10.6 Å². The van der Waals surface area contributed by atoms with Crippen LogP contribution in [0, 0.1) is 11.7 Å². The normalized spacial score (nSPS) is 15.8. The maximum atomic E-state index is 13.3. The fraction of sp³-hybridized carbons (Fsp3) is 0.412. The van der Waals surface area contributed by atoms with Crippen LogP contribution >= 0.6 is 11.3 Å². The SMILES string of the molecule is NCC1CCN(C(=O)Cc2csc(-c3cccc(F)c3)n2)CC1. The Kier molecular flexibility index (Phi) is 5.03. The van der Waals surface area contributed by atoms with Crippen LogP contribution in [0.25, 0.3) is 10.6 Å². The summed E-state index contributed by atoms with van der Waals surface area (Å²) < 4.78 is 13.3. The molecule has 122 valence electrons. The third-order valence-electron chi connectivity index (χ3n) is 4.26. The van der Waals surface area contributed by atoms with E-state index in [0.29, 0.717) is 18.9 Å². The summed E-state index contributed by atoms with van der Waals surface area (Å²) in [5, 5.41) is 2.62. The second kappa shape index (κ2) is 7.19. The van der Waals surface area contributed by atoms with Crippen molar-refractivity contribution in [1.29, 1.82) is 0 Å². The Hall–Kier alpha value is -1.79. The smallest absolute Gasteiger partial charge is 0.228 e. The zero-order valence-corrected chi connectivity index (χ0v) is 13.7. The van der Waals surface area contributed by atoms with Crippen molar-refractivity contribution in [3.8, 4) is 10.6 Å². The number of benzene rings is 1. The number of carbonyl (C=O) groups is 1. The van der Waals surface area contributed by atoms with Gasteiger partial charge in [-0.1, -0.05) is 12.1 Å². The van der Waals surface area contributed by atoms with Gasteiger partial charge in [0.05, 0.1) is 12.1 Å². The number of carbonyl (C=O) groups excluding carboxylic acids is 1. The van der Waals surface area contributed by atoms with E-state index in [1.807, 2.05) is 16.3 Å². The molecular weight excluding hydrogens is 313 g/mol. The molecule has 0 spiro atoms. The van der Waals surface area contributed by atoms with Crippen LogP contribution in [0.3, 0.4) is 0 Å². The van der Waals surface area contributed by atoms with Crippen LogP contribution in [-0.2, 0) is 11.2 Å². The van der Waals surface area contributed by atoms with Gasteiger partial charge in [0.15, 0.2) is 0 Å². The van der Waals surface area contributed by atoms with Crippen LogP contribution in [-0.4, -0.2) is 35.4 Å². The zero-order chi connectivity index (χ0) is 16.2. The third kappa shape index (κ3) is 3.95. The number of aromatic nitrogens is 1. The summed E-state index contributed by atoms with van der Waals surface area (Å²) in [6.07, 6.45) is 2.26. The number of hydrogen-bond donors (Lipinski definition) is 1. The average molecular weight is 333 g/mol. The van der Waals surface area contributed by atoms with Gasteiger partial charge >= 0.3 is 0 Å². The van der Waals surface area contributed by atoms with Gasteiger partial charge in [0, 0.05) is 24.0 Å². The van der Waals surface area contributed by atoms with Crippen molar-refractivity contribution < 1.29 is 9.18 Å². The minimum Gasteiger partial charge on any atom is -0.342 e. The molecule has 1 aromatic carbocycles. The van der Waals surface area contributed by atoms with Crippen LogP contribution in [0.4, 0.5) is 4.39 Å². The second-order valence-electron chi connectivity index (χ2n) is 5.89. The van der Waals surface area contributed by atoms with E-state index in [9.17, 15) is 9.18 Å². The van der Waals surface area contributed by atoms with Gasteiger partial charge in [-0.05, 0) is 37.4 Å². The Morgan fingerprint density at radius 2 is 2.17 bits per heavy atom. The van der Waals surface area contributed by atoms with Crippen molar-refractivity contribution in [3.63, 3.8) is 0 Å². The number of thiazole rings is 1. The summed E-state index contributed by atoms with van der Waals surface area (Å²) in [6.45, 7) is 2.26. The lowest BCUT2D eigenvalue weighted by Crippen LogP contribution is -2.40. The predicted molar refractivity (Wildman–Crippen MR) is 89.6 cm³/mol. The fourth-order valence-corrected chi connectivity index (χ4v) is 3.64. The number of hydrogen-bond acceptors (Lipinski definition) is 4. The molecule has 0 saturated carbocycles. The van der Waals surface area contributed by atoms with E-state index in [1.165, 1.54) is 23.5 Å². The molecule has 3 rings (SSSR count). The summed E-state index contributed by atoms with van der Waals surface area (Å²) in [7, 11) is 0. The maximum Gasteiger partial charge on any atom is 0.228 e. The van der Waals surface area contributed by atoms with Crippen LogP contribution in [0.5, 0.6) is 0 Å². The first-order chi connectivity index (χ1) is 11.2. The largest absolute Gasteiger partial charge is 0.342 e. The standard InChI is InChI=1S/C17H20FN3OS/c18-14-3-1-2-13(8-14)17-20-15(11-23-17)9-16(22)21-6-4-12(10-19)5-7-21/h1-3,8,11-12H,4-7,9-10,19H2. The van der Waals surface area contributed by atoms with Gasteiger partial charge in [-0.15, -0.1) is 11.3 Å². The first-order valence-corrected chi connectivity index (χ1v) is 8.72. The quantitative estimate of drug-likeness (QED) is 0.936. The molecule has 1 fully saturated rings. The lowest BCUT2D eigenvalue weighted by Gasteiger charge is -2.31. The molecule has 23 heavy (non-hydrogen) atoms. The van der Waals surface area contributed by atoms with Gasteiger partial charge in [0.2, 0.25) is 5.91 Å². The number of piperidine rings is 1. The highest BCUT2D eigenvalue weighted by Gasteiger charge is 2.22. The van der Waals surface area contributed by atoms with Crippen molar-refractivity contribution in [3.05, 3.63) is 41.2 Å². The highest BCUT2D eigenvalue weighted by atomic mass is 32.1. The highest BCUT2D eigenvalue weighted by Crippen LogP contribution is 2.25. The van der Waals surface area contributed by atoms with Crippen molar-refractivity contribution in [1.82, 2.24) is 9.88 Å². The van der Waals surface area contributed by atoms with Crippen LogP contribution in [0.2, 0.25) is 0 Å². The minimum absolute atomic E-state index is 0.108. The van der Waals surface area contributed by atoms with Gasteiger partial charge in [-0.2, -0.15) is 0 Å². The van der Waals surface area contributed by atoms with Gasteiger partial charge in [0.25, 0.3) is 0 Å². The molecule has 4 nitrogen and oxygen atoms in total. The Morgan fingerprint density at radius 3 is 2.87 bits per heavy atom. The Balaban J connectivity index is 1.62. The summed E-state index contributed by atoms with van der Waals surface area (Å²) in [4.78, 5) is 18.7. The molecule has 6 heteroatoms. The van der Waals surface area contributed by atoms with E-state index in [4.69, 9.17) is 5.73 Å². The molecule has 0 bridgehead atoms. The topological polar surface area (TPSA) is 59.2 Å². The van der Waals surface area contributed by atoms with Crippen molar-refractivity contribution >= 4 is 17.2 Å². The van der Waals surface area contributed by atoms with E-state index >= 15 is 0 Å². The third-order valence-corrected chi connectivity index (χ3v) is 5.20. The van der Waals surface area contributed by atoms with E-state index in [-0.39, 0.29) is 11.7 Å². The second-order valence-corrected chi connectivity index (χ2v) is 6.75. The maximum absolute atomic E-state index is 13.3. The molecule has 1 saturated heterocycles. The zero-order valence-electron chi connectivity index (χ0n) is 12.9. The Labute approximate surface area is 139 Å². The molecule has 2 N–H and O–H groups in total. The molecule has 0 unspecified atom stereocenters. The van der Waals surface area contributed by atoms with E-state index in [0.717, 1.165) is 42.2 Å². The Morgan fingerprint density at radius 1 is 1.39 bits per heavy atom. The highest BCUT2D eigenvalue weighted by molar-refractivity contribution is 7.13. The summed E-state index contributed by atoms with van der Waals surface area (Å²) in [5.74, 6) is 0.368. The van der Waals surface area contributed by atoms with E-state index < -0.39 is 0 Å². The van der Waals surface area contributed by atoms with Crippen molar-refractivity contribution in [2.45, 2.75) is 19.3 Å². The van der Waals surface area contributed by atoms with Gasteiger partial charge in [-0.25, -0.2) is 9.37 Å². The van der Waals surface area contributed by atoms with Gasteiger partial charge in [-0.3, -0.25) is 4.79 Å². The van der Waals surface area contributed by atoms with Crippen molar-refractivity contribution in [2.24, 2.45) is 11.7 Å². The van der Waals surface area contributed by atoms with E-state index in [1.54, 1.807) is 6.07 Å². The molecule has 0 aliphatic carbocycles. The minimum atomic E-state index is -0.280. The number of halogens is 1. The summed E-state index contributed by atoms with van der Waals surface area (Å²) in [5.41, 5.74) is 7.18. The molecule has 1 aromatic heterocycles. The molecule has 1 amide bonds. The Bertz CT molecular complexity index is 680. The lowest BCUT2D eigenvalue weighted by atomic mass is 9.97. The molecule has 2 heterocycles. The molecule has 1 aliphatic rings. The van der Waals surface area contributed by atoms with Crippen LogP contribution in [0.1, 0.15) is 18.5 Å². The van der Waals surface area contributed by atoms with Crippen LogP contribution in [0.15, 0.2) is 29.6 Å². The fourth-order valence-electron chi connectivity index (χ4n) is 2.83. The van der Waals surface area contributed by atoms with Crippen LogP contribution < -0.4 is 5.73 Å². The van der Waals surface area contributed by atoms with Crippen molar-refractivity contribution in [2.75, 3.05) is 19.6 Å². The first kappa shape index (κ1) is 16.1. The molecule has 1 aliphatic heterocycles. The first-order valence-electron chi connectivity index (χ1n) is 7.84. The summed E-state index contributed by atoms with van der Waals surface area (Å²) >= 11 is 1.44. The monoisotopic (exact) mass is 333 g/mol. The average Bonchev–Trinajstić information content (AvgIpc) is 3.03. The number of likely N-dealkylation sites (tertiary alicyclic amines) is 1. The molecular formula is C17H20FN3OS. The molecule has 0 radical (unpaired) electrons.